The third-order valence-corrected chi connectivity index (χ3v) is 6.00. The molecule has 0 amide bonds. The molecule has 0 spiro atoms. The molecule has 1 aliphatic heterocycles. The first-order valence-corrected chi connectivity index (χ1v) is 11.0. The lowest BCUT2D eigenvalue weighted by Crippen LogP contribution is -2.34. The number of hydrogen-bond donors (Lipinski definition) is 1. The second-order valence-electron chi connectivity index (χ2n) is 8.22. The highest BCUT2D eigenvalue weighted by Gasteiger charge is 2.39. The molecule has 1 aromatic heterocycles. The minimum atomic E-state index is -0.610. The summed E-state index contributed by atoms with van der Waals surface area (Å²) < 4.78 is 5.60. The number of allylic oxidation sites excluding steroid dienone is 3. The molecule has 2 heterocycles. The van der Waals surface area contributed by atoms with Crippen molar-refractivity contribution in [2.24, 2.45) is 0 Å². The number of rotatable bonds is 7. The number of nitrogens with one attached hydrogen (secondary N) is 1. The van der Waals surface area contributed by atoms with Crippen LogP contribution in [0, 0.1) is 10.1 Å². The number of carbonyl (C=O) groups excluding carboxylic acids is 2. The number of non-ortho nitro benzene ring substituents is 1. The second-order valence-corrected chi connectivity index (χ2v) is 8.22. The van der Waals surface area contributed by atoms with Gasteiger partial charge in [0, 0.05) is 53.8 Å². The molecule has 8 heteroatoms. The highest BCUT2D eigenvalue weighted by molar-refractivity contribution is 6.03. The van der Waals surface area contributed by atoms with Gasteiger partial charge in [-0.3, -0.25) is 19.9 Å². The van der Waals surface area contributed by atoms with Crippen molar-refractivity contribution in [3.05, 3.63) is 92.6 Å². The van der Waals surface area contributed by atoms with Crippen molar-refractivity contribution >= 4 is 17.4 Å². The molecule has 1 aromatic carbocycles. The summed E-state index contributed by atoms with van der Waals surface area (Å²) in [5.74, 6) is -1.11. The van der Waals surface area contributed by atoms with Crippen molar-refractivity contribution in [1.29, 1.82) is 0 Å². The third kappa shape index (κ3) is 4.84. The van der Waals surface area contributed by atoms with Crippen molar-refractivity contribution in [2.45, 2.75) is 44.9 Å². The van der Waals surface area contributed by atoms with Gasteiger partial charge in [0.2, 0.25) is 0 Å². The van der Waals surface area contributed by atoms with Crippen LogP contribution in [0.4, 0.5) is 5.69 Å². The summed E-state index contributed by atoms with van der Waals surface area (Å²) in [6, 6.07) is 9.87. The molecule has 170 valence electrons. The normalized spacial score (nSPS) is 18.0. The number of aryl methyl sites for hydroxylation is 1. The molecule has 2 aliphatic rings. The smallest absolute Gasteiger partial charge is 0.336 e. The van der Waals surface area contributed by atoms with E-state index in [1.807, 2.05) is 12.1 Å². The molecule has 2 aromatic rings. The first-order chi connectivity index (χ1) is 16.0. The van der Waals surface area contributed by atoms with Crippen molar-refractivity contribution in [3.63, 3.8) is 0 Å². The summed E-state index contributed by atoms with van der Waals surface area (Å²) in [5, 5.41) is 14.3. The molecule has 1 aliphatic carbocycles. The topological polar surface area (TPSA) is 111 Å². The number of esters is 1. The Kier molecular flexibility index (Phi) is 6.63. The van der Waals surface area contributed by atoms with Crippen LogP contribution in [0.3, 0.4) is 0 Å². The summed E-state index contributed by atoms with van der Waals surface area (Å²) >= 11 is 0. The lowest BCUT2D eigenvalue weighted by Gasteiger charge is -2.34. The van der Waals surface area contributed by atoms with Crippen LogP contribution in [0.2, 0.25) is 0 Å². The van der Waals surface area contributed by atoms with Crippen molar-refractivity contribution < 1.29 is 19.2 Å². The minimum Gasteiger partial charge on any atom is -0.462 e. The Bertz CT molecular complexity index is 1140. The molecule has 1 N–H and O–H groups in total. The number of hydrogen-bond acceptors (Lipinski definition) is 7. The van der Waals surface area contributed by atoms with Crippen LogP contribution in [0.5, 0.6) is 0 Å². The molecule has 1 unspecified atom stereocenters. The van der Waals surface area contributed by atoms with Crippen molar-refractivity contribution in [3.8, 4) is 0 Å². The van der Waals surface area contributed by atoms with Gasteiger partial charge in [0.15, 0.2) is 5.78 Å². The second kappa shape index (κ2) is 9.77. The predicted molar refractivity (Wildman–Crippen MR) is 121 cm³/mol. The van der Waals surface area contributed by atoms with Gasteiger partial charge in [-0.05, 0) is 49.8 Å². The Morgan fingerprint density at radius 2 is 2.03 bits per heavy atom. The maximum atomic E-state index is 13.2. The van der Waals surface area contributed by atoms with Gasteiger partial charge in [0.25, 0.3) is 5.69 Å². The molecule has 0 saturated heterocycles. The Morgan fingerprint density at radius 1 is 1.24 bits per heavy atom. The number of Topliss-reactive ketones (excluding diaryl/α,β-unsaturated/α-hetero) is 1. The zero-order valence-electron chi connectivity index (χ0n) is 18.4. The van der Waals surface area contributed by atoms with E-state index in [2.05, 4.69) is 10.3 Å². The Balaban J connectivity index is 1.58. The predicted octanol–water partition coefficient (Wildman–Crippen LogP) is 4.13. The van der Waals surface area contributed by atoms with Crippen LogP contribution in [-0.2, 0) is 20.7 Å². The summed E-state index contributed by atoms with van der Waals surface area (Å²) in [6.45, 7) is 2.03. The van der Waals surface area contributed by atoms with Gasteiger partial charge in [-0.1, -0.05) is 18.2 Å². The summed E-state index contributed by atoms with van der Waals surface area (Å²) in [7, 11) is 0. The molecule has 0 saturated carbocycles. The van der Waals surface area contributed by atoms with E-state index in [0.717, 1.165) is 30.5 Å². The number of nitro benzene ring substituents is 1. The van der Waals surface area contributed by atoms with E-state index in [9.17, 15) is 19.7 Å². The zero-order valence-corrected chi connectivity index (χ0v) is 18.4. The van der Waals surface area contributed by atoms with Gasteiger partial charge in [-0.15, -0.1) is 0 Å². The average Bonchev–Trinajstić information content (AvgIpc) is 2.81. The van der Waals surface area contributed by atoms with Crippen LogP contribution in [0.1, 0.15) is 49.7 Å². The number of benzene rings is 1. The number of ether oxygens (including phenoxy) is 1. The molecule has 1 atom stereocenters. The standard InChI is InChI=1S/C25H25N3O5/c1-16-22(25(30)33-14-4-6-17-5-3-13-26-15-17)23(18-9-11-19(12-10-18)28(31)32)24-20(27-16)7-2-8-21(24)29/h3,5,9-13,15,23,27H,2,4,6-8,14H2,1H3. The Morgan fingerprint density at radius 3 is 2.73 bits per heavy atom. The molecule has 33 heavy (non-hydrogen) atoms. The highest BCUT2D eigenvalue weighted by atomic mass is 16.6. The van der Waals surface area contributed by atoms with Gasteiger partial charge in [-0.25, -0.2) is 4.79 Å². The molecule has 0 radical (unpaired) electrons. The van der Waals surface area contributed by atoms with Crippen molar-refractivity contribution in [1.82, 2.24) is 10.3 Å². The van der Waals surface area contributed by atoms with Gasteiger partial charge in [-0.2, -0.15) is 0 Å². The van der Waals surface area contributed by atoms with Gasteiger partial charge in [0.1, 0.15) is 0 Å². The Hall–Kier alpha value is -3.81. The number of aromatic nitrogens is 1. The maximum absolute atomic E-state index is 13.2. The Labute approximate surface area is 191 Å². The van der Waals surface area contributed by atoms with Crippen LogP contribution < -0.4 is 5.32 Å². The number of carbonyl (C=O) groups is 2. The lowest BCUT2D eigenvalue weighted by molar-refractivity contribution is -0.384. The van der Waals surface area contributed by atoms with Crippen LogP contribution in [0.25, 0.3) is 0 Å². The average molecular weight is 447 g/mol. The van der Waals surface area contributed by atoms with Gasteiger partial charge >= 0.3 is 5.97 Å². The first kappa shape index (κ1) is 22.4. The number of nitro groups is 1. The molecule has 0 fully saturated rings. The van der Waals surface area contributed by atoms with E-state index in [-0.39, 0.29) is 18.1 Å². The van der Waals surface area contributed by atoms with Crippen LogP contribution >= 0.6 is 0 Å². The summed E-state index contributed by atoms with van der Waals surface area (Å²) in [4.78, 5) is 40.8. The van der Waals surface area contributed by atoms with Gasteiger partial charge in [0.05, 0.1) is 17.1 Å². The fourth-order valence-corrected chi connectivity index (χ4v) is 4.44. The fourth-order valence-electron chi connectivity index (χ4n) is 4.44. The number of nitrogens with zero attached hydrogens (tertiary/aromatic N) is 2. The van der Waals surface area contributed by atoms with E-state index in [0.29, 0.717) is 35.2 Å². The minimum absolute atomic E-state index is 0.0125. The van der Waals surface area contributed by atoms with E-state index in [1.165, 1.54) is 12.1 Å². The van der Waals surface area contributed by atoms with Crippen LogP contribution in [0.15, 0.2) is 71.3 Å². The van der Waals surface area contributed by atoms with E-state index in [1.54, 1.807) is 31.5 Å². The number of dihydropyridines is 1. The van der Waals surface area contributed by atoms with Crippen LogP contribution in [-0.4, -0.2) is 28.3 Å². The van der Waals surface area contributed by atoms with Crippen molar-refractivity contribution in [2.75, 3.05) is 6.61 Å². The monoisotopic (exact) mass is 447 g/mol. The largest absolute Gasteiger partial charge is 0.462 e. The summed E-state index contributed by atoms with van der Waals surface area (Å²) in [5.41, 5.74) is 4.07. The zero-order chi connectivity index (χ0) is 23.4. The highest BCUT2D eigenvalue weighted by Crippen LogP contribution is 2.42. The van der Waals surface area contributed by atoms with E-state index < -0.39 is 16.8 Å². The lowest BCUT2D eigenvalue weighted by atomic mass is 9.75. The summed E-state index contributed by atoms with van der Waals surface area (Å²) in [6.07, 6.45) is 6.75. The van der Waals surface area contributed by atoms with E-state index >= 15 is 0 Å². The fraction of sp³-hybridized carbons (Fsp3) is 0.320. The van der Waals surface area contributed by atoms with E-state index in [4.69, 9.17) is 4.74 Å². The molecule has 8 nitrogen and oxygen atoms in total. The molecular weight excluding hydrogens is 422 g/mol. The number of pyridine rings is 1. The molecule has 0 bridgehead atoms. The number of ketones is 1. The third-order valence-electron chi connectivity index (χ3n) is 6.00. The van der Waals surface area contributed by atoms with Gasteiger partial charge < -0.3 is 10.1 Å². The quantitative estimate of drug-likeness (QED) is 0.294. The first-order valence-electron chi connectivity index (χ1n) is 11.0. The SMILES string of the molecule is CC1=C(C(=O)OCCCc2cccnc2)C(c2ccc([N+](=O)[O-])cc2)C2=C(CCCC2=O)N1. The maximum Gasteiger partial charge on any atom is 0.336 e. The molecular formula is C25H25N3O5. The molecule has 4 rings (SSSR count).